The van der Waals surface area contributed by atoms with Crippen LogP contribution in [0, 0.1) is 5.92 Å². The third-order valence-corrected chi connectivity index (χ3v) is 4.40. The second kappa shape index (κ2) is 16.1. The number of allylic oxidation sites excluding steroid dienone is 1. The van der Waals surface area contributed by atoms with Crippen molar-refractivity contribution in [1.82, 2.24) is 0 Å². The number of unbranched alkanes of at least 4 members (excludes halogenated alkanes) is 6. The summed E-state index contributed by atoms with van der Waals surface area (Å²) >= 11 is 0. The van der Waals surface area contributed by atoms with Gasteiger partial charge in [-0.3, -0.25) is 0 Å². The Balaban J connectivity index is 4.76. The van der Waals surface area contributed by atoms with E-state index >= 15 is 0 Å². The van der Waals surface area contributed by atoms with Crippen LogP contribution in [0.15, 0.2) is 12.7 Å². The van der Waals surface area contributed by atoms with Crippen LogP contribution in [0.3, 0.4) is 0 Å². The maximum Gasteiger partial charge on any atom is 0.285 e. The molecule has 0 saturated carbocycles. The van der Waals surface area contributed by atoms with Crippen molar-refractivity contribution in [3.05, 3.63) is 12.7 Å². The molecule has 0 bridgehead atoms. The molecule has 0 aliphatic carbocycles. The lowest BCUT2D eigenvalue weighted by Gasteiger charge is -2.39. The second-order valence-corrected chi connectivity index (χ2v) is 6.38. The molecule has 3 nitrogen and oxygen atoms in total. The molecular weight excluding hydrogens is 300 g/mol. The van der Waals surface area contributed by atoms with E-state index in [-0.39, 0.29) is 5.92 Å². The Morgan fingerprint density at radius 3 is 1.75 bits per heavy atom. The van der Waals surface area contributed by atoms with Gasteiger partial charge in [-0.15, -0.1) is 6.58 Å². The molecule has 0 aliphatic rings. The maximum absolute atomic E-state index is 6.03. The van der Waals surface area contributed by atoms with Gasteiger partial charge < -0.3 is 14.2 Å². The molecule has 0 spiro atoms. The predicted molar refractivity (Wildman–Crippen MR) is 103 cm³/mol. The summed E-state index contributed by atoms with van der Waals surface area (Å²) in [6.45, 7) is 14.0. The summed E-state index contributed by atoms with van der Waals surface area (Å²) in [5.74, 6) is -0.591. The molecule has 0 aromatic heterocycles. The quantitative estimate of drug-likeness (QED) is 0.162. The van der Waals surface area contributed by atoms with Crippen molar-refractivity contribution in [2.45, 2.75) is 97.9 Å². The summed E-state index contributed by atoms with van der Waals surface area (Å²) in [5.41, 5.74) is 0. The molecule has 3 heteroatoms. The minimum absolute atomic E-state index is 0.281. The van der Waals surface area contributed by atoms with Crippen molar-refractivity contribution in [2.24, 2.45) is 5.92 Å². The molecule has 0 heterocycles. The predicted octanol–water partition coefficient (Wildman–Crippen LogP) is 6.47. The summed E-state index contributed by atoms with van der Waals surface area (Å²) in [6.07, 6.45) is 14.1. The van der Waals surface area contributed by atoms with Crippen molar-refractivity contribution >= 4 is 0 Å². The highest BCUT2D eigenvalue weighted by Crippen LogP contribution is 2.34. The van der Waals surface area contributed by atoms with E-state index in [0.29, 0.717) is 19.8 Å². The van der Waals surface area contributed by atoms with E-state index in [4.69, 9.17) is 14.2 Å². The van der Waals surface area contributed by atoms with Gasteiger partial charge in [0, 0.05) is 25.7 Å². The van der Waals surface area contributed by atoms with Crippen LogP contribution in [-0.2, 0) is 14.2 Å². The van der Waals surface area contributed by atoms with Gasteiger partial charge in [0.25, 0.3) is 5.97 Å². The van der Waals surface area contributed by atoms with E-state index in [1.165, 1.54) is 38.5 Å². The van der Waals surface area contributed by atoms with Gasteiger partial charge >= 0.3 is 0 Å². The van der Waals surface area contributed by atoms with Crippen LogP contribution in [0.2, 0.25) is 0 Å². The standard InChI is InChI=1S/C21H42O3/c1-6-11-13-14-15-17-19-20(18-16-12-7-2)21(22-8-3,23-9-4)24-10-5/h7,20H,2,6,8-19H2,1,3-5H3. The number of hydrogen-bond donors (Lipinski definition) is 0. The van der Waals surface area contributed by atoms with Gasteiger partial charge in [0.1, 0.15) is 0 Å². The van der Waals surface area contributed by atoms with Gasteiger partial charge in [-0.1, -0.05) is 51.5 Å². The zero-order chi connectivity index (χ0) is 18.1. The minimum Gasteiger partial charge on any atom is -0.328 e. The van der Waals surface area contributed by atoms with E-state index in [2.05, 4.69) is 13.5 Å². The molecule has 1 unspecified atom stereocenters. The Kier molecular flexibility index (Phi) is 15.9. The van der Waals surface area contributed by atoms with E-state index in [1.54, 1.807) is 0 Å². The van der Waals surface area contributed by atoms with Gasteiger partial charge in [-0.2, -0.15) is 0 Å². The van der Waals surface area contributed by atoms with Crippen molar-refractivity contribution in [3.8, 4) is 0 Å². The van der Waals surface area contributed by atoms with Gasteiger partial charge in [-0.25, -0.2) is 0 Å². The molecule has 0 aliphatic heterocycles. The van der Waals surface area contributed by atoms with Gasteiger partial charge in [0.05, 0.1) is 0 Å². The first-order valence-electron chi connectivity index (χ1n) is 10.2. The molecule has 24 heavy (non-hydrogen) atoms. The van der Waals surface area contributed by atoms with E-state index in [9.17, 15) is 0 Å². The van der Waals surface area contributed by atoms with Crippen LogP contribution >= 0.6 is 0 Å². The smallest absolute Gasteiger partial charge is 0.285 e. The fourth-order valence-electron chi connectivity index (χ4n) is 3.26. The normalized spacial score (nSPS) is 13.2. The largest absolute Gasteiger partial charge is 0.328 e. The monoisotopic (exact) mass is 342 g/mol. The molecule has 0 radical (unpaired) electrons. The molecule has 0 amide bonds. The first-order chi connectivity index (χ1) is 11.7. The highest BCUT2D eigenvalue weighted by Gasteiger charge is 2.41. The highest BCUT2D eigenvalue weighted by molar-refractivity contribution is 4.75. The Morgan fingerprint density at radius 1 is 0.750 bits per heavy atom. The Labute approximate surface area is 151 Å². The molecule has 1 atom stereocenters. The third-order valence-electron chi connectivity index (χ3n) is 4.40. The van der Waals surface area contributed by atoms with E-state index in [1.807, 2.05) is 26.8 Å². The lowest BCUT2D eigenvalue weighted by molar-refractivity contribution is -0.403. The van der Waals surface area contributed by atoms with Crippen LogP contribution < -0.4 is 0 Å². The molecule has 0 fully saturated rings. The van der Waals surface area contributed by atoms with E-state index in [0.717, 1.165) is 25.7 Å². The zero-order valence-corrected chi connectivity index (χ0v) is 16.8. The van der Waals surface area contributed by atoms with Crippen LogP contribution in [-0.4, -0.2) is 25.8 Å². The van der Waals surface area contributed by atoms with Crippen molar-refractivity contribution < 1.29 is 14.2 Å². The molecule has 0 aromatic rings. The fraction of sp³-hybridized carbons (Fsp3) is 0.905. The van der Waals surface area contributed by atoms with E-state index < -0.39 is 5.97 Å². The number of ether oxygens (including phenoxy) is 3. The average Bonchev–Trinajstić information content (AvgIpc) is 2.57. The molecule has 0 aromatic carbocycles. The Bertz CT molecular complexity index is 261. The Morgan fingerprint density at radius 2 is 1.25 bits per heavy atom. The molecular formula is C21H42O3. The molecule has 0 saturated heterocycles. The summed E-state index contributed by atoms with van der Waals surface area (Å²) < 4.78 is 18.1. The summed E-state index contributed by atoms with van der Waals surface area (Å²) in [7, 11) is 0. The van der Waals surface area contributed by atoms with Crippen LogP contribution in [0.25, 0.3) is 0 Å². The van der Waals surface area contributed by atoms with Crippen molar-refractivity contribution in [3.63, 3.8) is 0 Å². The van der Waals surface area contributed by atoms with Gasteiger partial charge in [0.15, 0.2) is 0 Å². The summed E-state index contributed by atoms with van der Waals surface area (Å²) in [5, 5.41) is 0. The lowest BCUT2D eigenvalue weighted by Crippen LogP contribution is -2.46. The van der Waals surface area contributed by atoms with Gasteiger partial charge in [-0.05, 0) is 46.5 Å². The Hall–Kier alpha value is -0.380. The highest BCUT2D eigenvalue weighted by atomic mass is 16.9. The first-order valence-corrected chi connectivity index (χ1v) is 10.2. The topological polar surface area (TPSA) is 27.7 Å². The molecule has 144 valence electrons. The zero-order valence-electron chi connectivity index (χ0n) is 16.8. The fourth-order valence-corrected chi connectivity index (χ4v) is 3.26. The average molecular weight is 343 g/mol. The third kappa shape index (κ3) is 9.80. The van der Waals surface area contributed by atoms with Crippen LogP contribution in [0.1, 0.15) is 91.9 Å². The minimum atomic E-state index is -0.872. The lowest BCUT2D eigenvalue weighted by atomic mass is 9.92. The summed E-state index contributed by atoms with van der Waals surface area (Å²) in [4.78, 5) is 0. The molecule has 0 rings (SSSR count). The second-order valence-electron chi connectivity index (χ2n) is 6.38. The van der Waals surface area contributed by atoms with Crippen LogP contribution in [0.5, 0.6) is 0 Å². The SMILES string of the molecule is C=CCCCC(CCCCCCCC)C(OCC)(OCC)OCC. The summed E-state index contributed by atoms with van der Waals surface area (Å²) in [6, 6.07) is 0. The van der Waals surface area contributed by atoms with Crippen molar-refractivity contribution in [2.75, 3.05) is 19.8 Å². The van der Waals surface area contributed by atoms with Crippen molar-refractivity contribution in [1.29, 1.82) is 0 Å². The number of hydrogen-bond acceptors (Lipinski definition) is 3. The first kappa shape index (κ1) is 23.6. The number of rotatable bonds is 18. The van der Waals surface area contributed by atoms with Gasteiger partial charge in [0.2, 0.25) is 0 Å². The maximum atomic E-state index is 6.03. The molecule has 0 N–H and O–H groups in total. The van der Waals surface area contributed by atoms with Crippen LogP contribution in [0.4, 0.5) is 0 Å².